The second-order valence-corrected chi connectivity index (χ2v) is 7.03. The fourth-order valence-corrected chi connectivity index (χ4v) is 3.06. The quantitative estimate of drug-likeness (QED) is 0.313. The Balaban J connectivity index is 1.49. The van der Waals surface area contributed by atoms with Crippen LogP contribution in [0.2, 0.25) is 0 Å². The largest absolute Gasteiger partial charge is 0.439 e. The molecule has 0 spiro atoms. The van der Waals surface area contributed by atoms with Gasteiger partial charge < -0.3 is 14.6 Å². The number of rotatable bonds is 7. The second-order valence-electron chi connectivity index (χ2n) is 7.03. The molecule has 1 amide bonds. The Morgan fingerprint density at radius 3 is 2.15 bits per heavy atom. The predicted octanol–water partition coefficient (Wildman–Crippen LogP) is 4.44. The molecular formula is C22H16N6O6. The maximum Gasteiger partial charge on any atom is 0.277 e. The first kappa shape index (κ1) is 22.1. The molecule has 12 heteroatoms. The zero-order valence-corrected chi connectivity index (χ0v) is 17.6. The number of amides is 1. The third-order valence-corrected chi connectivity index (χ3v) is 4.59. The van der Waals surface area contributed by atoms with Gasteiger partial charge in [-0.05, 0) is 43.3 Å². The zero-order chi connectivity index (χ0) is 24.2. The smallest absolute Gasteiger partial charge is 0.277 e. The number of non-ortho nitro benzene ring substituents is 2. The molecule has 0 aliphatic heterocycles. The van der Waals surface area contributed by atoms with Gasteiger partial charge in [-0.15, -0.1) is 0 Å². The molecule has 0 aliphatic carbocycles. The standard InChI is InChI=1S/C22H16N6O6/c1-14-23-20(26-8-2-3-9-26)13-21(24-14)34-19-6-4-16(5-7-19)25-22(29)15-10-17(27(30)31)12-18(11-15)28(32)33/h2-13H,1H3,(H,25,29). The van der Waals surface area contributed by atoms with Crippen LogP contribution in [-0.2, 0) is 0 Å². The number of nitrogens with one attached hydrogen (secondary N) is 1. The highest BCUT2D eigenvalue weighted by Crippen LogP contribution is 2.25. The van der Waals surface area contributed by atoms with Crippen molar-refractivity contribution in [2.75, 3.05) is 5.32 Å². The fourth-order valence-electron chi connectivity index (χ4n) is 3.06. The number of hydrogen-bond acceptors (Lipinski definition) is 8. The number of hydrogen-bond donors (Lipinski definition) is 1. The van der Waals surface area contributed by atoms with Crippen LogP contribution in [0, 0.1) is 27.2 Å². The van der Waals surface area contributed by atoms with Crippen molar-refractivity contribution in [1.29, 1.82) is 0 Å². The minimum absolute atomic E-state index is 0.213. The molecule has 2 aromatic carbocycles. The summed E-state index contributed by atoms with van der Waals surface area (Å²) < 4.78 is 7.62. The molecule has 0 aliphatic rings. The van der Waals surface area contributed by atoms with Gasteiger partial charge in [0.2, 0.25) is 5.88 Å². The van der Waals surface area contributed by atoms with E-state index < -0.39 is 27.1 Å². The third-order valence-electron chi connectivity index (χ3n) is 4.59. The molecule has 0 saturated carbocycles. The molecule has 12 nitrogen and oxygen atoms in total. The predicted molar refractivity (Wildman–Crippen MR) is 120 cm³/mol. The van der Waals surface area contributed by atoms with E-state index >= 15 is 0 Å². The molecule has 170 valence electrons. The molecule has 0 saturated heterocycles. The summed E-state index contributed by atoms with van der Waals surface area (Å²) in [6, 6.07) is 14.5. The molecule has 4 aromatic rings. The second kappa shape index (κ2) is 9.16. The van der Waals surface area contributed by atoms with Crippen molar-refractivity contribution in [2.45, 2.75) is 6.92 Å². The SMILES string of the molecule is Cc1nc(Oc2ccc(NC(=O)c3cc([N+](=O)[O-])cc([N+](=O)[O-])c3)cc2)cc(-n2cccc2)n1. The molecule has 0 fully saturated rings. The Hall–Kier alpha value is -5.13. The first-order chi connectivity index (χ1) is 16.3. The maximum atomic E-state index is 12.5. The van der Waals surface area contributed by atoms with Crippen molar-refractivity contribution in [3.8, 4) is 17.4 Å². The van der Waals surface area contributed by atoms with Crippen LogP contribution in [0.1, 0.15) is 16.2 Å². The van der Waals surface area contributed by atoms with Crippen LogP contribution in [0.15, 0.2) is 73.1 Å². The number of carbonyl (C=O) groups excluding carboxylic acids is 1. The van der Waals surface area contributed by atoms with Crippen molar-refractivity contribution in [3.05, 3.63) is 105 Å². The van der Waals surface area contributed by atoms with E-state index in [1.807, 2.05) is 29.1 Å². The van der Waals surface area contributed by atoms with Crippen molar-refractivity contribution in [2.24, 2.45) is 0 Å². The van der Waals surface area contributed by atoms with Gasteiger partial charge in [0.25, 0.3) is 17.3 Å². The summed E-state index contributed by atoms with van der Waals surface area (Å²) in [4.78, 5) is 41.6. The molecule has 0 unspecified atom stereocenters. The number of nitrogens with zero attached hydrogens (tertiary/aromatic N) is 5. The van der Waals surface area contributed by atoms with E-state index in [9.17, 15) is 25.0 Å². The lowest BCUT2D eigenvalue weighted by atomic mass is 10.1. The van der Waals surface area contributed by atoms with Gasteiger partial charge in [-0.25, -0.2) is 4.98 Å². The number of aryl methyl sites for hydroxylation is 1. The van der Waals surface area contributed by atoms with Crippen molar-refractivity contribution >= 4 is 23.0 Å². The van der Waals surface area contributed by atoms with E-state index in [4.69, 9.17) is 4.74 Å². The highest BCUT2D eigenvalue weighted by Gasteiger charge is 2.20. The van der Waals surface area contributed by atoms with Gasteiger partial charge in [0.15, 0.2) is 0 Å². The van der Waals surface area contributed by atoms with Crippen LogP contribution in [-0.4, -0.2) is 30.3 Å². The molecule has 4 rings (SSSR count). The molecule has 1 N–H and O–H groups in total. The van der Waals surface area contributed by atoms with E-state index in [1.54, 1.807) is 37.3 Å². The third kappa shape index (κ3) is 5.02. The highest BCUT2D eigenvalue weighted by molar-refractivity contribution is 6.05. The lowest BCUT2D eigenvalue weighted by Gasteiger charge is -2.10. The van der Waals surface area contributed by atoms with E-state index in [0.29, 0.717) is 29.0 Å². The number of ether oxygens (including phenoxy) is 1. The van der Waals surface area contributed by atoms with Crippen LogP contribution in [0.3, 0.4) is 0 Å². The first-order valence-electron chi connectivity index (χ1n) is 9.81. The summed E-state index contributed by atoms with van der Waals surface area (Å²) in [5.74, 6) is 1.21. The van der Waals surface area contributed by atoms with Crippen LogP contribution in [0.25, 0.3) is 5.82 Å². The number of nitro groups is 2. The van der Waals surface area contributed by atoms with Gasteiger partial charge >= 0.3 is 0 Å². The van der Waals surface area contributed by atoms with E-state index in [-0.39, 0.29) is 5.56 Å². The highest BCUT2D eigenvalue weighted by atomic mass is 16.6. The molecule has 0 bridgehead atoms. The Morgan fingerprint density at radius 1 is 0.941 bits per heavy atom. The van der Waals surface area contributed by atoms with E-state index in [0.717, 1.165) is 18.2 Å². The Morgan fingerprint density at radius 2 is 1.56 bits per heavy atom. The summed E-state index contributed by atoms with van der Waals surface area (Å²) in [6.07, 6.45) is 3.69. The number of nitro benzene ring substituents is 2. The van der Waals surface area contributed by atoms with Gasteiger partial charge in [-0.1, -0.05) is 0 Å². The summed E-state index contributed by atoms with van der Waals surface area (Å²) >= 11 is 0. The summed E-state index contributed by atoms with van der Waals surface area (Å²) in [5.41, 5.74) is -0.960. The van der Waals surface area contributed by atoms with Crippen LogP contribution in [0.4, 0.5) is 17.1 Å². The van der Waals surface area contributed by atoms with Gasteiger partial charge in [0, 0.05) is 36.3 Å². The molecule has 0 radical (unpaired) electrons. The number of benzene rings is 2. The van der Waals surface area contributed by atoms with Crippen molar-refractivity contribution < 1.29 is 19.4 Å². The Bertz CT molecular complexity index is 1350. The van der Waals surface area contributed by atoms with Crippen molar-refractivity contribution in [1.82, 2.24) is 14.5 Å². The lowest BCUT2D eigenvalue weighted by Crippen LogP contribution is -2.12. The lowest BCUT2D eigenvalue weighted by molar-refractivity contribution is -0.394. The fraction of sp³-hybridized carbons (Fsp3) is 0.0455. The minimum atomic E-state index is -0.799. The number of anilines is 1. The van der Waals surface area contributed by atoms with E-state index in [2.05, 4.69) is 15.3 Å². The van der Waals surface area contributed by atoms with Crippen LogP contribution < -0.4 is 10.1 Å². The van der Waals surface area contributed by atoms with Gasteiger partial charge in [0.1, 0.15) is 17.4 Å². The summed E-state index contributed by atoms with van der Waals surface area (Å²) in [7, 11) is 0. The molecule has 34 heavy (non-hydrogen) atoms. The topological polar surface area (TPSA) is 155 Å². The minimum Gasteiger partial charge on any atom is -0.439 e. The number of aromatic nitrogens is 3. The summed E-state index contributed by atoms with van der Waals surface area (Å²) in [6.45, 7) is 1.75. The molecule has 0 atom stereocenters. The Labute approximate surface area is 191 Å². The maximum absolute atomic E-state index is 12.5. The van der Waals surface area contributed by atoms with Crippen LogP contribution >= 0.6 is 0 Å². The first-order valence-corrected chi connectivity index (χ1v) is 9.81. The van der Waals surface area contributed by atoms with Gasteiger partial charge in [0.05, 0.1) is 21.5 Å². The Kier molecular flexibility index (Phi) is 5.95. The average Bonchev–Trinajstić information content (AvgIpc) is 3.35. The summed E-state index contributed by atoms with van der Waals surface area (Å²) in [5, 5.41) is 24.6. The normalized spacial score (nSPS) is 10.5. The van der Waals surface area contributed by atoms with Gasteiger partial charge in [-0.2, -0.15) is 4.98 Å². The van der Waals surface area contributed by atoms with Crippen molar-refractivity contribution in [3.63, 3.8) is 0 Å². The van der Waals surface area contributed by atoms with E-state index in [1.165, 1.54) is 0 Å². The van der Waals surface area contributed by atoms with Gasteiger partial charge in [-0.3, -0.25) is 25.0 Å². The average molecular weight is 460 g/mol. The monoisotopic (exact) mass is 460 g/mol. The molecule has 2 heterocycles. The molecule has 2 aromatic heterocycles. The molecular weight excluding hydrogens is 444 g/mol. The zero-order valence-electron chi connectivity index (χ0n) is 17.6. The van der Waals surface area contributed by atoms with Crippen LogP contribution in [0.5, 0.6) is 11.6 Å². The number of carbonyl (C=O) groups is 1.